The quantitative estimate of drug-likeness (QED) is 0.332. The fraction of sp³-hybridized carbons (Fsp3) is 0.333. The molecule has 0 aliphatic carbocycles. The van der Waals surface area contributed by atoms with Crippen LogP contribution in [-0.2, 0) is 22.6 Å². The van der Waals surface area contributed by atoms with Crippen molar-refractivity contribution in [3.63, 3.8) is 0 Å². The predicted octanol–water partition coefficient (Wildman–Crippen LogP) is 2.00. The Balaban J connectivity index is 1.18. The first kappa shape index (κ1) is 25.1. The Morgan fingerprint density at radius 3 is 2.84 bits per heavy atom. The minimum absolute atomic E-state index is 0.0992. The molecule has 5 rings (SSSR count). The molecule has 3 aromatic rings. The molecule has 2 aliphatic heterocycles. The number of nitro groups is 1. The number of rotatable bonds is 8. The normalized spacial score (nSPS) is 18.5. The number of amides is 2. The van der Waals surface area contributed by atoms with Gasteiger partial charge >= 0.3 is 17.9 Å². The van der Waals surface area contributed by atoms with E-state index in [-0.39, 0.29) is 36.9 Å². The van der Waals surface area contributed by atoms with E-state index < -0.39 is 22.9 Å². The SMILES string of the molecule is CC(=O)NCC1CN(c2ccc(-c3ccc(CNC4COc5nc([N+](=O)[O-])cn5C4)nc3)c(F)c2)C(=O)O1. The summed E-state index contributed by atoms with van der Waals surface area (Å²) in [6.45, 7) is 2.95. The zero-order chi connectivity index (χ0) is 26.8. The number of ether oxygens (including phenoxy) is 2. The number of benzene rings is 1. The van der Waals surface area contributed by atoms with Crippen LogP contribution >= 0.6 is 0 Å². The number of nitrogens with one attached hydrogen (secondary N) is 2. The van der Waals surface area contributed by atoms with E-state index in [2.05, 4.69) is 20.6 Å². The van der Waals surface area contributed by atoms with Crippen LogP contribution in [0.5, 0.6) is 6.01 Å². The summed E-state index contributed by atoms with van der Waals surface area (Å²) >= 11 is 0. The minimum atomic E-state index is -0.600. The lowest BCUT2D eigenvalue weighted by Gasteiger charge is -2.23. The van der Waals surface area contributed by atoms with E-state index in [4.69, 9.17) is 9.47 Å². The maximum Gasteiger partial charge on any atom is 0.414 e. The van der Waals surface area contributed by atoms with Crippen molar-refractivity contribution in [1.29, 1.82) is 0 Å². The molecule has 13 nitrogen and oxygen atoms in total. The fourth-order valence-electron chi connectivity index (χ4n) is 4.25. The highest BCUT2D eigenvalue weighted by Crippen LogP contribution is 2.29. The van der Waals surface area contributed by atoms with Crippen LogP contribution in [0.25, 0.3) is 11.1 Å². The second kappa shape index (κ2) is 10.4. The second-order valence-corrected chi connectivity index (χ2v) is 8.94. The van der Waals surface area contributed by atoms with Gasteiger partial charge < -0.3 is 30.2 Å². The van der Waals surface area contributed by atoms with Crippen molar-refractivity contribution < 1.29 is 28.4 Å². The van der Waals surface area contributed by atoms with Gasteiger partial charge in [-0.1, -0.05) is 6.07 Å². The molecule has 2 unspecified atom stereocenters. The standard InChI is InChI=1S/C24H24FN7O6/c1-14(33)26-9-19-11-31(24(34)38-19)18-4-5-20(21(25)6-18)15-2-3-16(27-7-15)8-28-17-10-30-12-22(32(35)36)29-23(30)37-13-17/h2-7,12,17,19,28H,8-11,13H2,1H3,(H,26,33). The molecule has 198 valence electrons. The molecule has 2 N–H and O–H groups in total. The Morgan fingerprint density at radius 2 is 2.13 bits per heavy atom. The molecular formula is C24H24FN7O6. The van der Waals surface area contributed by atoms with Crippen LogP contribution in [0.3, 0.4) is 0 Å². The minimum Gasteiger partial charge on any atom is -0.444 e. The van der Waals surface area contributed by atoms with Gasteiger partial charge in [0.2, 0.25) is 5.91 Å². The fourth-order valence-corrected chi connectivity index (χ4v) is 4.25. The molecule has 0 radical (unpaired) electrons. The summed E-state index contributed by atoms with van der Waals surface area (Å²) in [5, 5.41) is 16.8. The molecule has 2 amide bonds. The van der Waals surface area contributed by atoms with Crippen LogP contribution in [0, 0.1) is 15.9 Å². The average molecular weight is 525 g/mol. The Morgan fingerprint density at radius 1 is 1.29 bits per heavy atom. The molecule has 1 saturated heterocycles. The Kier molecular flexibility index (Phi) is 6.87. The molecule has 1 fully saturated rings. The monoisotopic (exact) mass is 525 g/mol. The van der Waals surface area contributed by atoms with Crippen molar-refractivity contribution in [2.45, 2.75) is 32.2 Å². The van der Waals surface area contributed by atoms with Gasteiger partial charge in [0.05, 0.1) is 30.5 Å². The molecule has 0 saturated carbocycles. The van der Waals surface area contributed by atoms with Gasteiger partial charge in [-0.05, 0) is 29.2 Å². The largest absolute Gasteiger partial charge is 0.444 e. The lowest BCUT2D eigenvalue weighted by atomic mass is 10.1. The van der Waals surface area contributed by atoms with Crippen molar-refractivity contribution >= 4 is 23.5 Å². The van der Waals surface area contributed by atoms with Crippen LogP contribution in [0.4, 0.5) is 20.7 Å². The van der Waals surface area contributed by atoms with Crippen molar-refractivity contribution in [2.75, 3.05) is 24.6 Å². The molecule has 2 aromatic heterocycles. The van der Waals surface area contributed by atoms with Crippen molar-refractivity contribution in [1.82, 2.24) is 25.2 Å². The molecule has 0 spiro atoms. The molecule has 38 heavy (non-hydrogen) atoms. The maximum absolute atomic E-state index is 15.0. The number of cyclic esters (lactones) is 1. The number of carbonyl (C=O) groups is 2. The molecule has 4 heterocycles. The first-order valence-corrected chi connectivity index (χ1v) is 11.8. The Hall–Kier alpha value is -4.59. The number of halogens is 1. The zero-order valence-electron chi connectivity index (χ0n) is 20.3. The second-order valence-electron chi connectivity index (χ2n) is 8.94. The van der Waals surface area contributed by atoms with Gasteiger partial charge in [-0.25, -0.2) is 9.18 Å². The van der Waals surface area contributed by atoms with Gasteiger partial charge in [0.25, 0.3) is 0 Å². The number of fused-ring (bicyclic) bond motifs is 1. The van der Waals surface area contributed by atoms with E-state index in [0.717, 1.165) is 5.69 Å². The summed E-state index contributed by atoms with van der Waals surface area (Å²) in [5.41, 5.74) is 1.98. The third-order valence-corrected chi connectivity index (χ3v) is 6.17. The molecule has 14 heteroatoms. The van der Waals surface area contributed by atoms with Gasteiger partial charge in [0, 0.05) is 42.3 Å². The maximum atomic E-state index is 15.0. The lowest BCUT2D eigenvalue weighted by Crippen LogP contribution is -2.41. The van der Waals surface area contributed by atoms with Crippen LogP contribution in [0.2, 0.25) is 0 Å². The summed E-state index contributed by atoms with van der Waals surface area (Å²) in [5.74, 6) is -1.00. The first-order chi connectivity index (χ1) is 18.3. The number of hydrogen-bond acceptors (Lipinski definition) is 9. The highest BCUT2D eigenvalue weighted by atomic mass is 19.1. The Bertz CT molecular complexity index is 1380. The van der Waals surface area contributed by atoms with Gasteiger partial charge in [-0.15, -0.1) is 0 Å². The summed E-state index contributed by atoms with van der Waals surface area (Å²) < 4.78 is 27.3. The zero-order valence-corrected chi connectivity index (χ0v) is 20.3. The van der Waals surface area contributed by atoms with Gasteiger partial charge in [-0.2, -0.15) is 0 Å². The number of carbonyl (C=O) groups excluding carboxylic acids is 2. The third-order valence-electron chi connectivity index (χ3n) is 6.17. The van der Waals surface area contributed by atoms with Crippen LogP contribution in [-0.4, -0.2) is 63.3 Å². The van der Waals surface area contributed by atoms with E-state index in [1.54, 1.807) is 35.0 Å². The van der Waals surface area contributed by atoms with E-state index >= 15 is 0 Å². The van der Waals surface area contributed by atoms with Crippen molar-refractivity contribution in [3.05, 3.63) is 64.4 Å². The predicted molar refractivity (Wildman–Crippen MR) is 131 cm³/mol. The van der Waals surface area contributed by atoms with Gasteiger partial charge in [0.1, 0.15) is 24.7 Å². The van der Waals surface area contributed by atoms with E-state index in [1.807, 2.05) is 0 Å². The first-order valence-electron chi connectivity index (χ1n) is 11.8. The smallest absolute Gasteiger partial charge is 0.414 e. The highest BCUT2D eigenvalue weighted by molar-refractivity contribution is 5.90. The number of nitrogens with zero attached hydrogens (tertiary/aromatic N) is 5. The van der Waals surface area contributed by atoms with Crippen molar-refractivity contribution in [3.8, 4) is 17.1 Å². The van der Waals surface area contributed by atoms with E-state index in [9.17, 15) is 24.1 Å². The number of anilines is 1. The van der Waals surface area contributed by atoms with Crippen LogP contribution in [0.1, 0.15) is 12.6 Å². The average Bonchev–Trinajstić information content (AvgIpc) is 3.49. The van der Waals surface area contributed by atoms with Gasteiger partial charge in [-0.3, -0.25) is 19.2 Å². The molecule has 2 atom stereocenters. The summed E-state index contributed by atoms with van der Waals surface area (Å²) in [7, 11) is 0. The van der Waals surface area contributed by atoms with E-state index in [1.165, 1.54) is 24.1 Å². The topological polar surface area (TPSA) is 154 Å². The van der Waals surface area contributed by atoms with Crippen molar-refractivity contribution in [2.24, 2.45) is 0 Å². The van der Waals surface area contributed by atoms with E-state index in [0.29, 0.717) is 36.5 Å². The van der Waals surface area contributed by atoms with Gasteiger partial charge in [0.15, 0.2) is 0 Å². The molecule has 2 aliphatic rings. The summed E-state index contributed by atoms with van der Waals surface area (Å²) in [6.07, 6.45) is 1.79. The number of pyridine rings is 1. The number of hydrogen-bond donors (Lipinski definition) is 2. The molecule has 1 aromatic carbocycles. The Labute approximate surface area is 215 Å². The summed E-state index contributed by atoms with van der Waals surface area (Å²) in [6, 6.07) is 8.13. The lowest BCUT2D eigenvalue weighted by molar-refractivity contribution is -0.389. The third kappa shape index (κ3) is 5.39. The summed E-state index contributed by atoms with van der Waals surface area (Å²) in [4.78, 5) is 43.2. The molecular weight excluding hydrogens is 501 g/mol. The van der Waals surface area contributed by atoms with Crippen LogP contribution in [0.15, 0.2) is 42.7 Å². The number of imidazole rings is 1. The van der Waals surface area contributed by atoms with Crippen LogP contribution < -0.4 is 20.3 Å². The number of aromatic nitrogens is 3. The highest BCUT2D eigenvalue weighted by Gasteiger charge is 2.33. The molecule has 0 bridgehead atoms.